The molecule has 9 rings (SSSR count). The fourth-order valence-electron chi connectivity index (χ4n) is 7.22. The minimum absolute atomic E-state index is 0.101. The number of carbonyl (C=O) groups is 2. The lowest BCUT2D eigenvalue weighted by molar-refractivity contribution is -0.118. The number of aryl methyl sites for hydroxylation is 2. The Morgan fingerprint density at radius 2 is 1.30 bits per heavy atom. The minimum atomic E-state index is -1.20. The van der Waals surface area contributed by atoms with Gasteiger partial charge >= 0.3 is 0 Å². The van der Waals surface area contributed by atoms with E-state index in [9.17, 15) is 32.3 Å². The van der Waals surface area contributed by atoms with E-state index in [0.29, 0.717) is 51.0 Å². The molecule has 2 unspecified atom stereocenters. The van der Waals surface area contributed by atoms with Crippen LogP contribution in [0.15, 0.2) is 77.1 Å². The molecule has 3 aliphatic rings. The second-order valence-corrected chi connectivity index (χ2v) is 15.0. The zero-order valence-electron chi connectivity index (χ0n) is 30.1. The third kappa shape index (κ3) is 6.71. The van der Waals surface area contributed by atoms with E-state index in [1.807, 2.05) is 0 Å². The van der Waals surface area contributed by atoms with E-state index < -0.39 is 47.4 Å². The lowest BCUT2D eigenvalue weighted by Gasteiger charge is -2.17. The van der Waals surface area contributed by atoms with Gasteiger partial charge in [0.1, 0.15) is 29.8 Å². The summed E-state index contributed by atoms with van der Waals surface area (Å²) in [6, 6.07) is 8.34. The van der Waals surface area contributed by atoms with Crippen molar-refractivity contribution in [1.82, 2.24) is 29.1 Å². The first-order valence-electron chi connectivity index (χ1n) is 18.5. The molecule has 6 heterocycles. The van der Waals surface area contributed by atoms with Gasteiger partial charge in [0.2, 0.25) is 11.8 Å². The van der Waals surface area contributed by atoms with Gasteiger partial charge in [-0.2, -0.15) is 0 Å². The average molecular weight is 761 g/mol. The van der Waals surface area contributed by atoms with Crippen molar-refractivity contribution in [3.05, 3.63) is 105 Å². The number of carbonyl (C=O) groups excluding carboxylic acids is 2. The van der Waals surface area contributed by atoms with Crippen LogP contribution in [0.25, 0.3) is 44.1 Å². The molecular formula is C41H35F3N8O4. The summed E-state index contributed by atoms with van der Waals surface area (Å²) >= 11 is 0. The highest BCUT2D eigenvalue weighted by Gasteiger charge is 2.44. The van der Waals surface area contributed by atoms with Crippen LogP contribution in [0.5, 0.6) is 0 Å². The first-order chi connectivity index (χ1) is 27.0. The molecule has 4 atom stereocenters. The second kappa shape index (κ2) is 13.8. The summed E-state index contributed by atoms with van der Waals surface area (Å²) in [4.78, 5) is 70.9. The summed E-state index contributed by atoms with van der Waals surface area (Å²) < 4.78 is 45.1. The first kappa shape index (κ1) is 35.5. The Bertz CT molecular complexity index is 2730. The summed E-state index contributed by atoms with van der Waals surface area (Å²) in [6.07, 6.45) is 8.99. The van der Waals surface area contributed by atoms with Gasteiger partial charge in [0.15, 0.2) is 0 Å². The molecule has 0 aliphatic heterocycles. The molecule has 2 amide bonds. The molecule has 3 fully saturated rings. The average Bonchev–Trinajstić information content (AvgIpc) is 4.11. The maximum atomic E-state index is 14.7. The van der Waals surface area contributed by atoms with Gasteiger partial charge in [-0.1, -0.05) is 0 Å². The van der Waals surface area contributed by atoms with Crippen LogP contribution in [-0.4, -0.2) is 53.2 Å². The van der Waals surface area contributed by atoms with Crippen molar-refractivity contribution in [1.29, 1.82) is 0 Å². The third-order valence-electron chi connectivity index (χ3n) is 10.9. The molecule has 6 aromatic heterocycles. The molecule has 3 saturated carbocycles. The molecular weight excluding hydrogens is 725 g/mol. The monoisotopic (exact) mass is 760 g/mol. The number of amides is 2. The lowest BCUT2D eigenvalue weighted by atomic mass is 9.99. The molecule has 56 heavy (non-hydrogen) atoms. The molecule has 284 valence electrons. The van der Waals surface area contributed by atoms with Crippen LogP contribution in [-0.2, 0) is 29.1 Å². The van der Waals surface area contributed by atoms with Crippen molar-refractivity contribution < 1.29 is 22.8 Å². The van der Waals surface area contributed by atoms with Crippen LogP contribution in [0.3, 0.4) is 0 Å². The lowest BCUT2D eigenvalue weighted by Crippen LogP contribution is -2.25. The Hall–Kier alpha value is -6.25. The number of pyridine rings is 6. The van der Waals surface area contributed by atoms with Crippen LogP contribution in [0.4, 0.5) is 24.8 Å². The van der Waals surface area contributed by atoms with E-state index in [1.54, 1.807) is 60.4 Å². The number of nitrogens with one attached hydrogen (secondary N) is 2. The van der Waals surface area contributed by atoms with Crippen molar-refractivity contribution in [2.45, 2.75) is 64.5 Å². The summed E-state index contributed by atoms with van der Waals surface area (Å²) in [5, 5.41) is 6.53. The SMILES string of the molecule is Cc1c(F)cncc1-c1cc2cnc(NC(=O)[C@H]3C[C@@H]3F)cc2n(CCc2ccncc2-c2cc3cnc(NC(=O)C4CC4F)cc3n(CC3CC3)c2=O)c1=O. The summed E-state index contributed by atoms with van der Waals surface area (Å²) in [5.74, 6) is -2.23. The Balaban J connectivity index is 1.10. The second-order valence-electron chi connectivity index (χ2n) is 15.0. The third-order valence-corrected chi connectivity index (χ3v) is 10.9. The van der Waals surface area contributed by atoms with Gasteiger partial charge in [0.05, 0.1) is 29.1 Å². The summed E-state index contributed by atoms with van der Waals surface area (Å²) in [5.41, 5.74) is 2.76. The van der Waals surface area contributed by atoms with E-state index in [4.69, 9.17) is 0 Å². The van der Waals surface area contributed by atoms with Crippen LogP contribution < -0.4 is 21.8 Å². The zero-order chi connectivity index (χ0) is 38.8. The molecule has 6 aromatic rings. The topological polar surface area (TPSA) is 154 Å². The largest absolute Gasteiger partial charge is 0.310 e. The smallest absolute Gasteiger partial charge is 0.259 e. The first-order valence-corrected chi connectivity index (χ1v) is 18.5. The van der Waals surface area contributed by atoms with Crippen LogP contribution in [0.1, 0.15) is 36.8 Å². The Morgan fingerprint density at radius 1 is 0.750 bits per heavy atom. The van der Waals surface area contributed by atoms with Crippen LogP contribution in [0.2, 0.25) is 0 Å². The van der Waals surface area contributed by atoms with Crippen molar-refractivity contribution in [2.24, 2.45) is 17.8 Å². The van der Waals surface area contributed by atoms with E-state index >= 15 is 0 Å². The fourth-order valence-corrected chi connectivity index (χ4v) is 7.22. The summed E-state index contributed by atoms with van der Waals surface area (Å²) in [6.45, 7) is 2.13. The van der Waals surface area contributed by atoms with E-state index in [1.165, 1.54) is 17.0 Å². The van der Waals surface area contributed by atoms with Crippen molar-refractivity contribution in [2.75, 3.05) is 10.6 Å². The number of hydrogen-bond acceptors (Lipinski definition) is 8. The molecule has 0 aromatic carbocycles. The highest BCUT2D eigenvalue weighted by Crippen LogP contribution is 2.37. The molecule has 0 radical (unpaired) electrons. The van der Waals surface area contributed by atoms with Gasteiger partial charge in [-0.05, 0) is 74.3 Å². The highest BCUT2D eigenvalue weighted by molar-refractivity contribution is 5.97. The predicted molar refractivity (Wildman–Crippen MR) is 203 cm³/mol. The minimum Gasteiger partial charge on any atom is -0.310 e. The van der Waals surface area contributed by atoms with E-state index in [2.05, 4.69) is 30.6 Å². The number of aromatic nitrogens is 6. The van der Waals surface area contributed by atoms with Crippen LogP contribution in [0, 0.1) is 30.5 Å². The molecule has 12 nitrogen and oxygen atoms in total. The Labute approximate surface area is 316 Å². The van der Waals surface area contributed by atoms with Gasteiger partial charge < -0.3 is 19.8 Å². The van der Waals surface area contributed by atoms with Gasteiger partial charge in [-0.25, -0.2) is 23.1 Å². The number of halogens is 3. The quantitative estimate of drug-likeness (QED) is 0.165. The maximum Gasteiger partial charge on any atom is 0.259 e. The molecule has 15 heteroatoms. The molecule has 0 spiro atoms. The number of nitrogens with zero attached hydrogens (tertiary/aromatic N) is 6. The van der Waals surface area contributed by atoms with Gasteiger partial charge in [0, 0.05) is 89.2 Å². The predicted octanol–water partition coefficient (Wildman–Crippen LogP) is 5.92. The Kier molecular flexibility index (Phi) is 8.74. The maximum absolute atomic E-state index is 14.7. The number of hydrogen-bond donors (Lipinski definition) is 2. The zero-order valence-corrected chi connectivity index (χ0v) is 30.1. The van der Waals surface area contributed by atoms with Crippen molar-refractivity contribution in [3.63, 3.8) is 0 Å². The fraction of sp³-hybridized carbons (Fsp3) is 0.317. The standard InChI is InChI=1S/C41H35F3N8O4/c1-20-29(16-46-18-33(20)44)25-8-23-14-47-36(49-38(53)27-10-31(27)42)12-34(23)51(40(25)55)7-5-22-4-6-45-17-30(22)26-9-24-15-48-37(50-39(54)28-11-32(28)43)13-35(24)52(41(26)56)19-21-2-3-21/h4,6,8-9,12-18,21,27-28,31-32H,2-3,5,7,10-11,19H2,1H3,(H,47,49,53)(H,48,50,54)/t27-,28?,31-,32?/m0/s1. The molecule has 3 aliphatic carbocycles. The summed E-state index contributed by atoms with van der Waals surface area (Å²) in [7, 11) is 0. The van der Waals surface area contributed by atoms with Crippen molar-refractivity contribution >= 4 is 45.3 Å². The highest BCUT2D eigenvalue weighted by atomic mass is 19.1. The molecule has 0 saturated heterocycles. The van der Waals surface area contributed by atoms with Crippen molar-refractivity contribution in [3.8, 4) is 22.3 Å². The Morgan fingerprint density at radius 3 is 1.89 bits per heavy atom. The van der Waals surface area contributed by atoms with Gasteiger partial charge in [-0.3, -0.25) is 29.1 Å². The number of fused-ring (bicyclic) bond motifs is 2. The number of alkyl halides is 2. The molecule has 0 bridgehead atoms. The van der Waals surface area contributed by atoms with E-state index in [-0.39, 0.29) is 54.1 Å². The normalized spacial score (nSPS) is 19.9. The number of rotatable bonds is 11. The van der Waals surface area contributed by atoms with Crippen LogP contribution >= 0.6 is 0 Å². The van der Waals surface area contributed by atoms with Gasteiger partial charge in [0.25, 0.3) is 11.1 Å². The van der Waals surface area contributed by atoms with E-state index in [0.717, 1.165) is 24.6 Å². The molecule has 2 N–H and O–H groups in total. The number of anilines is 2. The van der Waals surface area contributed by atoms with Gasteiger partial charge in [-0.15, -0.1) is 0 Å².